The van der Waals surface area contributed by atoms with E-state index in [0.717, 1.165) is 34.0 Å². The molecule has 2 fully saturated rings. The van der Waals surface area contributed by atoms with Gasteiger partial charge in [0.15, 0.2) is 10.9 Å². The number of carbonyl (C=O) groups is 1. The third-order valence-electron chi connectivity index (χ3n) is 6.31. The minimum atomic E-state index is -0.305. The highest BCUT2D eigenvalue weighted by molar-refractivity contribution is 8.14. The number of ether oxygens (including phenoxy) is 1. The zero-order valence-corrected chi connectivity index (χ0v) is 19.5. The van der Waals surface area contributed by atoms with Gasteiger partial charge in [-0.1, -0.05) is 31.5 Å². The van der Waals surface area contributed by atoms with Crippen LogP contribution < -0.4 is 4.74 Å². The lowest BCUT2D eigenvalue weighted by Gasteiger charge is -2.31. The molecular formula is C24H32N2O3S. The molecule has 2 heterocycles. The first-order chi connectivity index (χ1) is 14.3. The van der Waals surface area contributed by atoms with Crippen LogP contribution in [0.2, 0.25) is 0 Å². The van der Waals surface area contributed by atoms with Crippen LogP contribution in [-0.4, -0.2) is 39.9 Å². The standard InChI is InChI=1S/C24H32N2O3S/c1-6-28-17-11-12-20-18(13-17)16(3)21(29-20)22(27)26-23(30-14-24(26,4)5)25-19-10-8-7-9-15(19)2/h11-13,15,19H,6-10,14H2,1-5H3/t15-,19-/m0/s1. The zero-order chi connectivity index (χ0) is 21.5. The Morgan fingerprint density at radius 3 is 2.83 bits per heavy atom. The van der Waals surface area contributed by atoms with Gasteiger partial charge in [0.05, 0.1) is 18.2 Å². The van der Waals surface area contributed by atoms with Crippen LogP contribution >= 0.6 is 11.8 Å². The van der Waals surface area contributed by atoms with E-state index in [1.807, 2.05) is 36.9 Å². The number of rotatable bonds is 4. The fourth-order valence-corrected chi connectivity index (χ4v) is 5.76. The maximum atomic E-state index is 13.7. The number of thioether (sulfide) groups is 1. The molecule has 0 unspecified atom stereocenters. The quantitative estimate of drug-likeness (QED) is 0.595. The number of carbonyl (C=O) groups excluding carboxylic acids is 1. The highest BCUT2D eigenvalue weighted by Crippen LogP contribution is 2.38. The minimum Gasteiger partial charge on any atom is -0.494 e. The third kappa shape index (κ3) is 3.86. The van der Waals surface area contributed by atoms with Crippen molar-refractivity contribution in [1.82, 2.24) is 4.90 Å². The van der Waals surface area contributed by atoms with E-state index in [2.05, 4.69) is 20.8 Å². The van der Waals surface area contributed by atoms with Crippen LogP contribution in [0.4, 0.5) is 0 Å². The van der Waals surface area contributed by atoms with Gasteiger partial charge < -0.3 is 9.15 Å². The van der Waals surface area contributed by atoms with Gasteiger partial charge in [-0.3, -0.25) is 14.7 Å². The molecule has 1 saturated heterocycles. The van der Waals surface area contributed by atoms with Gasteiger partial charge in [-0.25, -0.2) is 0 Å². The van der Waals surface area contributed by atoms with E-state index in [9.17, 15) is 4.79 Å². The van der Waals surface area contributed by atoms with Crippen LogP contribution in [-0.2, 0) is 0 Å². The second-order valence-corrected chi connectivity index (χ2v) is 10.1. The van der Waals surface area contributed by atoms with E-state index in [1.54, 1.807) is 11.8 Å². The summed E-state index contributed by atoms with van der Waals surface area (Å²) in [7, 11) is 0. The van der Waals surface area contributed by atoms with Crippen molar-refractivity contribution >= 4 is 33.8 Å². The van der Waals surface area contributed by atoms with Crippen LogP contribution in [0.25, 0.3) is 11.0 Å². The van der Waals surface area contributed by atoms with Crippen LogP contribution in [0.15, 0.2) is 27.6 Å². The highest BCUT2D eigenvalue weighted by atomic mass is 32.2. The number of hydrogen-bond acceptors (Lipinski definition) is 5. The molecular weight excluding hydrogens is 396 g/mol. The average Bonchev–Trinajstić information content (AvgIpc) is 3.19. The van der Waals surface area contributed by atoms with E-state index in [1.165, 1.54) is 19.3 Å². The highest BCUT2D eigenvalue weighted by Gasteiger charge is 2.44. The summed E-state index contributed by atoms with van der Waals surface area (Å²) in [5, 5.41) is 1.77. The van der Waals surface area contributed by atoms with Crippen molar-refractivity contribution in [2.45, 2.75) is 71.9 Å². The SMILES string of the molecule is CCOc1ccc2oc(C(=O)N3C(=N[C@H]4CCCC[C@@H]4C)SCC3(C)C)c(C)c2c1. The molecule has 1 aromatic carbocycles. The van der Waals surface area contributed by atoms with Crippen molar-refractivity contribution in [3.63, 3.8) is 0 Å². The predicted molar refractivity (Wildman–Crippen MR) is 124 cm³/mol. The van der Waals surface area contributed by atoms with Crippen molar-refractivity contribution < 1.29 is 13.9 Å². The van der Waals surface area contributed by atoms with E-state index >= 15 is 0 Å². The second-order valence-electron chi connectivity index (χ2n) is 9.13. The summed E-state index contributed by atoms with van der Waals surface area (Å²) < 4.78 is 11.7. The minimum absolute atomic E-state index is 0.0983. The number of nitrogens with zero attached hydrogens (tertiary/aromatic N) is 2. The first-order valence-electron chi connectivity index (χ1n) is 11.0. The maximum Gasteiger partial charge on any atom is 0.296 e. The number of aliphatic imine (C=N–C) groups is 1. The summed E-state index contributed by atoms with van der Waals surface area (Å²) in [6, 6.07) is 6.02. The van der Waals surface area contributed by atoms with Crippen molar-refractivity contribution in [3.05, 3.63) is 29.5 Å². The van der Waals surface area contributed by atoms with E-state index in [-0.39, 0.29) is 11.4 Å². The fraction of sp³-hybridized carbons (Fsp3) is 0.583. The molecule has 0 radical (unpaired) electrons. The second kappa shape index (κ2) is 8.29. The normalized spacial score (nSPS) is 25.2. The lowest BCUT2D eigenvalue weighted by Crippen LogP contribution is -2.47. The number of benzene rings is 1. The molecule has 0 N–H and O–H groups in total. The molecule has 0 spiro atoms. The Hall–Kier alpha value is -1.95. The molecule has 1 amide bonds. The van der Waals surface area contributed by atoms with Crippen molar-refractivity contribution in [3.8, 4) is 5.75 Å². The molecule has 2 atom stereocenters. The predicted octanol–water partition coefficient (Wildman–Crippen LogP) is 6.04. The van der Waals surface area contributed by atoms with E-state index in [0.29, 0.717) is 29.9 Å². The van der Waals surface area contributed by atoms with Gasteiger partial charge >= 0.3 is 0 Å². The molecule has 0 bridgehead atoms. The Morgan fingerprint density at radius 2 is 2.10 bits per heavy atom. The molecule has 1 aliphatic heterocycles. The molecule has 5 nitrogen and oxygen atoms in total. The van der Waals surface area contributed by atoms with Gasteiger partial charge in [-0.2, -0.15) is 0 Å². The molecule has 4 rings (SSSR count). The summed E-state index contributed by atoms with van der Waals surface area (Å²) in [6.45, 7) is 11.0. The van der Waals surface area contributed by atoms with E-state index < -0.39 is 0 Å². The zero-order valence-electron chi connectivity index (χ0n) is 18.7. The van der Waals surface area contributed by atoms with Crippen LogP contribution in [0.3, 0.4) is 0 Å². The van der Waals surface area contributed by atoms with Gasteiger partial charge in [0.25, 0.3) is 5.91 Å². The van der Waals surface area contributed by atoms with Gasteiger partial charge in [0.1, 0.15) is 11.3 Å². The Balaban J connectivity index is 1.70. The summed E-state index contributed by atoms with van der Waals surface area (Å²) in [5.74, 6) is 2.50. The summed E-state index contributed by atoms with van der Waals surface area (Å²) in [4.78, 5) is 20.7. The molecule has 1 aliphatic carbocycles. The Bertz CT molecular complexity index is 978. The number of fused-ring (bicyclic) bond motifs is 1. The number of amides is 1. The van der Waals surface area contributed by atoms with Gasteiger partial charge in [0.2, 0.25) is 0 Å². The number of amidine groups is 1. The first kappa shape index (κ1) is 21.3. The molecule has 2 aliphatic rings. The monoisotopic (exact) mass is 428 g/mol. The van der Waals surface area contributed by atoms with Crippen LogP contribution in [0.5, 0.6) is 5.75 Å². The number of hydrogen-bond donors (Lipinski definition) is 0. The average molecular weight is 429 g/mol. The van der Waals surface area contributed by atoms with Crippen molar-refractivity contribution in [2.75, 3.05) is 12.4 Å². The Labute approximate surface area is 183 Å². The lowest BCUT2D eigenvalue weighted by atomic mass is 9.86. The smallest absolute Gasteiger partial charge is 0.296 e. The summed E-state index contributed by atoms with van der Waals surface area (Å²) in [6.07, 6.45) is 4.83. The van der Waals surface area contributed by atoms with Crippen LogP contribution in [0, 0.1) is 12.8 Å². The number of furan rings is 1. The maximum absolute atomic E-state index is 13.7. The van der Waals surface area contributed by atoms with Crippen LogP contribution in [0.1, 0.15) is 69.5 Å². The molecule has 6 heteroatoms. The molecule has 2 aromatic rings. The fourth-order valence-electron chi connectivity index (χ4n) is 4.48. The first-order valence-corrected chi connectivity index (χ1v) is 12.0. The molecule has 30 heavy (non-hydrogen) atoms. The summed E-state index contributed by atoms with van der Waals surface area (Å²) in [5.41, 5.74) is 1.26. The number of aryl methyl sites for hydroxylation is 1. The van der Waals surface area contributed by atoms with Gasteiger partial charge in [-0.15, -0.1) is 0 Å². The van der Waals surface area contributed by atoms with Gasteiger partial charge in [0, 0.05) is 16.7 Å². The lowest BCUT2D eigenvalue weighted by molar-refractivity contribution is 0.0735. The van der Waals surface area contributed by atoms with Crippen molar-refractivity contribution in [2.24, 2.45) is 10.9 Å². The topological polar surface area (TPSA) is 55.0 Å². The molecule has 1 aromatic heterocycles. The Kier molecular flexibility index (Phi) is 5.88. The van der Waals surface area contributed by atoms with E-state index in [4.69, 9.17) is 14.1 Å². The molecule has 1 saturated carbocycles. The third-order valence-corrected chi connectivity index (χ3v) is 7.71. The summed E-state index contributed by atoms with van der Waals surface area (Å²) >= 11 is 1.69. The molecule has 162 valence electrons. The Morgan fingerprint density at radius 1 is 1.33 bits per heavy atom. The largest absolute Gasteiger partial charge is 0.494 e. The van der Waals surface area contributed by atoms with Gasteiger partial charge in [-0.05, 0) is 64.7 Å². The van der Waals surface area contributed by atoms with Crippen molar-refractivity contribution in [1.29, 1.82) is 0 Å².